The molecule has 1 aromatic rings. The molecule has 0 spiro atoms. The van der Waals surface area contributed by atoms with Crippen LogP contribution in [0.4, 0.5) is 0 Å². The second kappa shape index (κ2) is 7.30. The normalized spacial score (nSPS) is 11.1. The van der Waals surface area contributed by atoms with E-state index >= 15 is 0 Å². The number of pyridine rings is 1. The van der Waals surface area contributed by atoms with E-state index < -0.39 is 0 Å². The van der Waals surface area contributed by atoms with Crippen LogP contribution < -0.4 is 0 Å². The second-order valence-corrected chi connectivity index (χ2v) is 5.50. The van der Waals surface area contributed by atoms with Gasteiger partial charge in [0.15, 0.2) is 0 Å². The van der Waals surface area contributed by atoms with Crippen LogP contribution in [0.1, 0.15) is 19.4 Å². The molecule has 0 fully saturated rings. The van der Waals surface area contributed by atoms with Crippen LogP contribution in [-0.4, -0.2) is 35.3 Å². The van der Waals surface area contributed by atoms with Gasteiger partial charge in [0.25, 0.3) is 0 Å². The highest BCUT2D eigenvalue weighted by atomic mass is 79.9. The van der Waals surface area contributed by atoms with Crippen molar-refractivity contribution < 1.29 is 0 Å². The summed E-state index contributed by atoms with van der Waals surface area (Å²) in [5.74, 6) is 1.09. The predicted molar refractivity (Wildman–Crippen MR) is 75.2 cm³/mol. The molecule has 0 aliphatic rings. The third kappa shape index (κ3) is 4.07. The number of halogens is 1. The topological polar surface area (TPSA) is 16.1 Å². The number of aromatic nitrogens is 1. The number of nitrogens with zero attached hydrogens (tertiary/aromatic N) is 2. The lowest BCUT2D eigenvalue weighted by Gasteiger charge is -2.17. The van der Waals surface area contributed by atoms with Crippen molar-refractivity contribution >= 4 is 27.7 Å². The first kappa shape index (κ1) is 14.0. The quantitative estimate of drug-likeness (QED) is 0.747. The molecular formula is C12H19BrN2S. The molecule has 16 heavy (non-hydrogen) atoms. The van der Waals surface area contributed by atoms with Crippen molar-refractivity contribution in [2.45, 2.75) is 25.8 Å². The van der Waals surface area contributed by atoms with Crippen molar-refractivity contribution in [3.63, 3.8) is 0 Å². The Balaban J connectivity index is 2.46. The second-order valence-electron chi connectivity index (χ2n) is 3.62. The number of rotatable bonds is 6. The van der Waals surface area contributed by atoms with Gasteiger partial charge in [0.05, 0.1) is 4.47 Å². The SMILES string of the molecule is CCN(CC)CCSc1nccc(C)c1Br. The van der Waals surface area contributed by atoms with Crippen molar-refractivity contribution in [3.8, 4) is 0 Å². The van der Waals surface area contributed by atoms with Gasteiger partial charge in [0.1, 0.15) is 5.03 Å². The first-order valence-electron chi connectivity index (χ1n) is 5.65. The molecule has 0 N–H and O–H groups in total. The van der Waals surface area contributed by atoms with E-state index in [1.54, 1.807) is 0 Å². The average Bonchev–Trinajstić information content (AvgIpc) is 2.30. The van der Waals surface area contributed by atoms with Gasteiger partial charge in [-0.05, 0) is 47.6 Å². The lowest BCUT2D eigenvalue weighted by atomic mass is 10.3. The van der Waals surface area contributed by atoms with E-state index in [0.29, 0.717) is 0 Å². The maximum atomic E-state index is 4.39. The van der Waals surface area contributed by atoms with Crippen molar-refractivity contribution in [2.24, 2.45) is 0 Å². The van der Waals surface area contributed by atoms with Gasteiger partial charge in [-0.1, -0.05) is 13.8 Å². The summed E-state index contributed by atoms with van der Waals surface area (Å²) in [4.78, 5) is 6.81. The van der Waals surface area contributed by atoms with Crippen molar-refractivity contribution in [1.82, 2.24) is 9.88 Å². The molecule has 0 bridgehead atoms. The summed E-state index contributed by atoms with van der Waals surface area (Å²) in [6.07, 6.45) is 1.87. The summed E-state index contributed by atoms with van der Waals surface area (Å²) in [7, 11) is 0. The molecule has 0 radical (unpaired) electrons. The van der Waals surface area contributed by atoms with E-state index in [1.165, 1.54) is 5.56 Å². The smallest absolute Gasteiger partial charge is 0.110 e. The first-order valence-corrected chi connectivity index (χ1v) is 7.43. The minimum Gasteiger partial charge on any atom is -0.303 e. The Morgan fingerprint density at radius 2 is 2.06 bits per heavy atom. The highest BCUT2D eigenvalue weighted by molar-refractivity contribution is 9.10. The predicted octanol–water partition coefficient (Wildman–Crippen LogP) is 3.59. The third-order valence-electron chi connectivity index (χ3n) is 2.59. The molecule has 4 heteroatoms. The van der Waals surface area contributed by atoms with Crippen LogP contribution in [0.3, 0.4) is 0 Å². The Labute approximate surface area is 111 Å². The van der Waals surface area contributed by atoms with Gasteiger partial charge in [0, 0.05) is 18.5 Å². The molecule has 0 saturated carbocycles. The van der Waals surface area contributed by atoms with Crippen LogP contribution in [0.25, 0.3) is 0 Å². The van der Waals surface area contributed by atoms with E-state index in [4.69, 9.17) is 0 Å². The molecule has 1 heterocycles. The summed E-state index contributed by atoms with van der Waals surface area (Å²) in [6, 6.07) is 2.03. The number of thioether (sulfide) groups is 1. The molecule has 0 saturated heterocycles. The Morgan fingerprint density at radius 3 is 2.69 bits per heavy atom. The number of hydrogen-bond donors (Lipinski definition) is 0. The molecule has 1 rings (SSSR count). The summed E-state index contributed by atoms with van der Waals surface area (Å²) in [5.41, 5.74) is 1.25. The lowest BCUT2D eigenvalue weighted by molar-refractivity contribution is 0.324. The van der Waals surface area contributed by atoms with Gasteiger partial charge in [-0.25, -0.2) is 4.98 Å². The van der Waals surface area contributed by atoms with Crippen LogP contribution in [0.5, 0.6) is 0 Å². The van der Waals surface area contributed by atoms with E-state index in [1.807, 2.05) is 24.0 Å². The molecule has 2 nitrogen and oxygen atoms in total. The summed E-state index contributed by atoms with van der Waals surface area (Å²) in [6.45, 7) is 9.88. The zero-order chi connectivity index (χ0) is 12.0. The lowest BCUT2D eigenvalue weighted by Crippen LogP contribution is -2.25. The zero-order valence-corrected chi connectivity index (χ0v) is 12.6. The maximum absolute atomic E-state index is 4.39. The van der Waals surface area contributed by atoms with Crippen LogP contribution in [0.2, 0.25) is 0 Å². The fourth-order valence-electron chi connectivity index (χ4n) is 1.43. The molecular weight excluding hydrogens is 284 g/mol. The van der Waals surface area contributed by atoms with E-state index in [9.17, 15) is 0 Å². The molecule has 0 atom stereocenters. The van der Waals surface area contributed by atoms with Crippen molar-refractivity contribution in [2.75, 3.05) is 25.4 Å². The number of hydrogen-bond acceptors (Lipinski definition) is 3. The van der Waals surface area contributed by atoms with Gasteiger partial charge in [-0.15, -0.1) is 11.8 Å². The fraction of sp³-hybridized carbons (Fsp3) is 0.583. The standard InChI is InChI=1S/C12H19BrN2S/c1-4-15(5-2)8-9-16-12-11(13)10(3)6-7-14-12/h6-7H,4-5,8-9H2,1-3H3. The third-order valence-corrected chi connectivity index (χ3v) is 4.82. The maximum Gasteiger partial charge on any atom is 0.110 e. The van der Waals surface area contributed by atoms with Gasteiger partial charge < -0.3 is 4.90 Å². The van der Waals surface area contributed by atoms with E-state index in [0.717, 1.165) is 34.9 Å². The average molecular weight is 303 g/mol. The highest BCUT2D eigenvalue weighted by Crippen LogP contribution is 2.27. The van der Waals surface area contributed by atoms with Crippen LogP contribution in [0.15, 0.2) is 21.8 Å². The van der Waals surface area contributed by atoms with Crippen LogP contribution >= 0.6 is 27.7 Å². The van der Waals surface area contributed by atoms with Gasteiger partial charge in [-0.3, -0.25) is 0 Å². The highest BCUT2D eigenvalue weighted by Gasteiger charge is 2.05. The molecule has 90 valence electrons. The Kier molecular flexibility index (Phi) is 6.39. The monoisotopic (exact) mass is 302 g/mol. The van der Waals surface area contributed by atoms with Crippen molar-refractivity contribution in [1.29, 1.82) is 0 Å². The molecule has 0 aromatic carbocycles. The van der Waals surface area contributed by atoms with Gasteiger partial charge >= 0.3 is 0 Å². The van der Waals surface area contributed by atoms with Crippen LogP contribution in [0, 0.1) is 6.92 Å². The summed E-state index contributed by atoms with van der Waals surface area (Å²) < 4.78 is 1.14. The molecule has 1 aromatic heterocycles. The van der Waals surface area contributed by atoms with E-state index in [-0.39, 0.29) is 0 Å². The molecule has 0 aliphatic carbocycles. The summed E-state index contributed by atoms with van der Waals surface area (Å²) in [5, 5.41) is 1.10. The fourth-order valence-corrected chi connectivity index (χ4v) is 2.97. The molecule has 0 unspecified atom stereocenters. The first-order chi connectivity index (χ1) is 7.69. The largest absolute Gasteiger partial charge is 0.303 e. The Bertz CT molecular complexity index is 327. The minimum atomic E-state index is 1.09. The van der Waals surface area contributed by atoms with Crippen LogP contribution in [-0.2, 0) is 0 Å². The van der Waals surface area contributed by atoms with Gasteiger partial charge in [-0.2, -0.15) is 0 Å². The van der Waals surface area contributed by atoms with E-state index in [2.05, 4.69) is 46.6 Å². The van der Waals surface area contributed by atoms with Gasteiger partial charge in [0.2, 0.25) is 0 Å². The Hall–Kier alpha value is -0.0600. The number of aryl methyl sites for hydroxylation is 1. The summed E-state index contributed by atoms with van der Waals surface area (Å²) >= 11 is 5.41. The molecule has 0 amide bonds. The minimum absolute atomic E-state index is 1.09. The molecule has 0 aliphatic heterocycles. The Morgan fingerprint density at radius 1 is 1.38 bits per heavy atom. The van der Waals surface area contributed by atoms with Crippen molar-refractivity contribution in [3.05, 3.63) is 22.3 Å². The zero-order valence-electron chi connectivity index (χ0n) is 10.2.